The number of fused-ring (bicyclic) bond motifs is 1. The van der Waals surface area contributed by atoms with Gasteiger partial charge < -0.3 is 10.2 Å². The molecule has 1 aromatic carbocycles. The van der Waals surface area contributed by atoms with Gasteiger partial charge in [0.1, 0.15) is 0 Å². The molecule has 1 aromatic rings. The first-order chi connectivity index (χ1) is 8.24. The lowest BCUT2D eigenvalue weighted by Crippen LogP contribution is -2.43. The predicted octanol–water partition coefficient (Wildman–Crippen LogP) is 1.87. The molecule has 1 amide bonds. The smallest absolute Gasteiger partial charge is 0.243 e. The third-order valence-electron chi connectivity index (χ3n) is 3.04. The highest BCUT2D eigenvalue weighted by molar-refractivity contribution is 7.98. The van der Waals surface area contributed by atoms with E-state index in [1.807, 2.05) is 30.0 Å². The molecule has 0 saturated heterocycles. The predicted molar refractivity (Wildman–Crippen MR) is 73.5 cm³/mol. The Morgan fingerprint density at radius 3 is 3.00 bits per heavy atom. The Bertz CT molecular complexity index is 408. The SMILES string of the molecule is CSCCN1C(=O)C(C)NCc2ccccc21. The topological polar surface area (TPSA) is 32.3 Å². The maximum absolute atomic E-state index is 12.3. The zero-order chi connectivity index (χ0) is 12.3. The number of thioether (sulfide) groups is 1. The van der Waals surface area contributed by atoms with Gasteiger partial charge >= 0.3 is 0 Å². The van der Waals surface area contributed by atoms with Gasteiger partial charge in [-0.2, -0.15) is 11.8 Å². The summed E-state index contributed by atoms with van der Waals surface area (Å²) in [6, 6.07) is 8.03. The van der Waals surface area contributed by atoms with Gasteiger partial charge in [-0.05, 0) is 24.8 Å². The number of amides is 1. The Morgan fingerprint density at radius 1 is 1.47 bits per heavy atom. The van der Waals surface area contributed by atoms with Crippen LogP contribution in [0.15, 0.2) is 24.3 Å². The fourth-order valence-electron chi connectivity index (χ4n) is 2.04. The normalized spacial score (nSPS) is 20.0. The van der Waals surface area contributed by atoms with Gasteiger partial charge in [0, 0.05) is 24.5 Å². The van der Waals surface area contributed by atoms with Crippen molar-refractivity contribution in [1.82, 2.24) is 5.32 Å². The second-order valence-corrected chi connectivity index (χ2v) is 5.20. The van der Waals surface area contributed by atoms with Crippen molar-refractivity contribution in [2.75, 3.05) is 23.5 Å². The van der Waals surface area contributed by atoms with Crippen LogP contribution in [0.3, 0.4) is 0 Å². The van der Waals surface area contributed by atoms with E-state index in [0.29, 0.717) is 0 Å². The summed E-state index contributed by atoms with van der Waals surface area (Å²) in [4.78, 5) is 14.2. The highest BCUT2D eigenvalue weighted by Crippen LogP contribution is 2.24. The van der Waals surface area contributed by atoms with Gasteiger partial charge in [-0.1, -0.05) is 18.2 Å². The average molecular weight is 250 g/mol. The summed E-state index contributed by atoms with van der Waals surface area (Å²) in [6.07, 6.45) is 2.07. The standard InChI is InChI=1S/C13H18N2OS/c1-10-13(16)15(7-8-17-2)12-6-4-3-5-11(12)9-14-10/h3-6,10,14H,7-9H2,1-2H3. The maximum Gasteiger partial charge on any atom is 0.243 e. The van der Waals surface area contributed by atoms with Crippen molar-refractivity contribution in [1.29, 1.82) is 0 Å². The van der Waals surface area contributed by atoms with Crippen LogP contribution in [0.4, 0.5) is 5.69 Å². The Morgan fingerprint density at radius 2 is 2.24 bits per heavy atom. The molecule has 0 aliphatic carbocycles. The van der Waals surface area contributed by atoms with Crippen LogP contribution >= 0.6 is 11.8 Å². The molecular weight excluding hydrogens is 232 g/mol. The Balaban J connectivity index is 2.33. The van der Waals surface area contributed by atoms with Crippen LogP contribution in [0.1, 0.15) is 12.5 Å². The number of carbonyl (C=O) groups is 1. The summed E-state index contributed by atoms with van der Waals surface area (Å²) in [5.74, 6) is 1.14. The summed E-state index contributed by atoms with van der Waals surface area (Å²) in [5.41, 5.74) is 2.26. The molecule has 1 aliphatic rings. The lowest BCUT2D eigenvalue weighted by molar-refractivity contribution is -0.120. The molecule has 0 saturated carbocycles. The number of hydrogen-bond donors (Lipinski definition) is 1. The molecule has 0 radical (unpaired) electrons. The van der Waals surface area contributed by atoms with Crippen molar-refractivity contribution in [3.05, 3.63) is 29.8 Å². The summed E-state index contributed by atoms with van der Waals surface area (Å²) < 4.78 is 0. The molecule has 17 heavy (non-hydrogen) atoms. The van der Waals surface area contributed by atoms with Gasteiger partial charge in [0.25, 0.3) is 0 Å². The quantitative estimate of drug-likeness (QED) is 0.889. The van der Waals surface area contributed by atoms with Crippen molar-refractivity contribution < 1.29 is 4.79 Å². The molecule has 1 N–H and O–H groups in total. The molecule has 0 aromatic heterocycles. The van der Waals surface area contributed by atoms with E-state index in [4.69, 9.17) is 0 Å². The number of benzene rings is 1. The van der Waals surface area contributed by atoms with Gasteiger partial charge in [0.15, 0.2) is 0 Å². The molecule has 0 spiro atoms. The van der Waals surface area contributed by atoms with Crippen LogP contribution < -0.4 is 10.2 Å². The van der Waals surface area contributed by atoms with Crippen LogP contribution in [0, 0.1) is 0 Å². The second-order valence-electron chi connectivity index (χ2n) is 4.21. The molecule has 0 bridgehead atoms. The number of anilines is 1. The van der Waals surface area contributed by atoms with E-state index in [2.05, 4.69) is 17.6 Å². The van der Waals surface area contributed by atoms with Crippen LogP contribution in [-0.2, 0) is 11.3 Å². The van der Waals surface area contributed by atoms with Gasteiger partial charge in [-0.25, -0.2) is 0 Å². The Hall–Kier alpha value is -1.00. The van der Waals surface area contributed by atoms with E-state index >= 15 is 0 Å². The first-order valence-corrected chi connectivity index (χ1v) is 7.25. The van der Waals surface area contributed by atoms with Crippen LogP contribution in [0.25, 0.3) is 0 Å². The lowest BCUT2D eigenvalue weighted by atomic mass is 10.1. The fraction of sp³-hybridized carbons (Fsp3) is 0.462. The van der Waals surface area contributed by atoms with Gasteiger partial charge in [-0.3, -0.25) is 4.79 Å². The number of carbonyl (C=O) groups excluding carboxylic acids is 1. The van der Waals surface area contributed by atoms with E-state index in [9.17, 15) is 4.79 Å². The number of hydrogen-bond acceptors (Lipinski definition) is 3. The van der Waals surface area contributed by atoms with Crippen molar-refractivity contribution in [2.45, 2.75) is 19.5 Å². The molecule has 3 nitrogen and oxygen atoms in total. The highest BCUT2D eigenvalue weighted by atomic mass is 32.2. The average Bonchev–Trinajstić information content (AvgIpc) is 2.47. The van der Waals surface area contributed by atoms with Gasteiger partial charge in [-0.15, -0.1) is 0 Å². The Labute approximate surface area is 107 Å². The van der Waals surface area contributed by atoms with E-state index in [1.165, 1.54) is 5.56 Å². The van der Waals surface area contributed by atoms with Gasteiger partial charge in [0.05, 0.1) is 6.04 Å². The number of para-hydroxylation sites is 1. The summed E-state index contributed by atoms with van der Waals surface area (Å²) in [6.45, 7) is 3.47. The molecule has 1 heterocycles. The molecule has 92 valence electrons. The largest absolute Gasteiger partial charge is 0.310 e. The zero-order valence-corrected chi connectivity index (χ0v) is 11.1. The number of rotatable bonds is 3. The molecular formula is C13H18N2OS. The van der Waals surface area contributed by atoms with E-state index in [-0.39, 0.29) is 11.9 Å². The highest BCUT2D eigenvalue weighted by Gasteiger charge is 2.26. The summed E-state index contributed by atoms with van der Waals surface area (Å²) >= 11 is 1.77. The third-order valence-corrected chi connectivity index (χ3v) is 3.63. The Kier molecular flexibility index (Phi) is 4.07. The number of nitrogens with one attached hydrogen (secondary N) is 1. The molecule has 0 fully saturated rings. The first-order valence-electron chi connectivity index (χ1n) is 5.85. The maximum atomic E-state index is 12.3. The minimum absolute atomic E-state index is 0.107. The molecule has 4 heteroatoms. The minimum Gasteiger partial charge on any atom is -0.310 e. The van der Waals surface area contributed by atoms with E-state index in [1.54, 1.807) is 11.8 Å². The molecule has 1 unspecified atom stereocenters. The van der Waals surface area contributed by atoms with Crippen molar-refractivity contribution in [3.8, 4) is 0 Å². The second kappa shape index (κ2) is 5.56. The van der Waals surface area contributed by atoms with Crippen LogP contribution in [0.2, 0.25) is 0 Å². The summed E-state index contributed by atoms with van der Waals surface area (Å²) in [7, 11) is 0. The zero-order valence-electron chi connectivity index (χ0n) is 10.3. The number of nitrogens with zero attached hydrogens (tertiary/aromatic N) is 1. The van der Waals surface area contributed by atoms with Crippen LogP contribution in [0.5, 0.6) is 0 Å². The monoisotopic (exact) mass is 250 g/mol. The van der Waals surface area contributed by atoms with E-state index in [0.717, 1.165) is 24.5 Å². The molecule has 2 rings (SSSR count). The van der Waals surface area contributed by atoms with E-state index < -0.39 is 0 Å². The van der Waals surface area contributed by atoms with Crippen molar-refractivity contribution in [2.24, 2.45) is 0 Å². The summed E-state index contributed by atoms with van der Waals surface area (Å²) in [5, 5.41) is 3.26. The minimum atomic E-state index is -0.107. The van der Waals surface area contributed by atoms with Crippen LogP contribution in [-0.4, -0.2) is 30.5 Å². The third kappa shape index (κ3) is 2.64. The van der Waals surface area contributed by atoms with Gasteiger partial charge in [0.2, 0.25) is 5.91 Å². The fourth-order valence-corrected chi connectivity index (χ4v) is 2.40. The first kappa shape index (κ1) is 12.5. The lowest BCUT2D eigenvalue weighted by Gasteiger charge is -2.24. The van der Waals surface area contributed by atoms with Crippen molar-refractivity contribution in [3.63, 3.8) is 0 Å². The van der Waals surface area contributed by atoms with Crippen molar-refractivity contribution >= 4 is 23.4 Å². The molecule has 1 aliphatic heterocycles. The molecule has 1 atom stereocenters.